The molecule has 1 saturated heterocycles. The molecule has 0 aromatic heterocycles. The Bertz CT molecular complexity index is 703. The molecule has 1 fully saturated rings. The first-order valence-corrected chi connectivity index (χ1v) is 9.05. The van der Waals surface area contributed by atoms with Crippen molar-refractivity contribution in [1.82, 2.24) is 10.2 Å². The lowest BCUT2D eigenvalue weighted by atomic mass is 10.1. The molecule has 7 heteroatoms. The van der Waals surface area contributed by atoms with Gasteiger partial charge in [0.25, 0.3) is 5.91 Å². The van der Waals surface area contributed by atoms with Gasteiger partial charge < -0.3 is 14.8 Å². The second-order valence-electron chi connectivity index (χ2n) is 4.90. The summed E-state index contributed by atoms with van der Waals surface area (Å²) in [4.78, 5) is 13.8. The second kappa shape index (κ2) is 8.48. The van der Waals surface area contributed by atoms with E-state index in [-0.39, 0.29) is 5.91 Å². The standard InChI is InChI=1S/C17H19IN2O3S/c1-4-7-23-15-12(18)8-11(10-14(15)22-6-3)9-13-16(21)20(5-2)17(24)19-13/h4,8-10H,1,5-7H2,2-3H3,(H,19,24)/b13-9-. The van der Waals surface area contributed by atoms with Crippen LogP contribution in [0, 0.1) is 3.57 Å². The molecule has 1 aromatic rings. The molecule has 1 heterocycles. The second-order valence-corrected chi connectivity index (χ2v) is 6.45. The number of hydrogen-bond acceptors (Lipinski definition) is 4. The molecule has 1 N–H and O–H groups in total. The Kier molecular flexibility index (Phi) is 6.61. The molecule has 1 aliphatic rings. The van der Waals surface area contributed by atoms with Gasteiger partial charge in [-0.3, -0.25) is 9.69 Å². The molecule has 0 bridgehead atoms. The number of carbonyl (C=O) groups excluding carboxylic acids is 1. The van der Waals surface area contributed by atoms with Crippen molar-refractivity contribution >= 4 is 51.9 Å². The van der Waals surface area contributed by atoms with Gasteiger partial charge in [-0.1, -0.05) is 12.7 Å². The van der Waals surface area contributed by atoms with Crippen molar-refractivity contribution in [3.63, 3.8) is 0 Å². The van der Waals surface area contributed by atoms with E-state index in [4.69, 9.17) is 21.7 Å². The zero-order valence-corrected chi connectivity index (χ0v) is 16.6. The highest BCUT2D eigenvalue weighted by molar-refractivity contribution is 14.1. The lowest BCUT2D eigenvalue weighted by molar-refractivity contribution is -0.122. The van der Waals surface area contributed by atoms with Crippen LogP contribution in [0.5, 0.6) is 11.5 Å². The Morgan fingerprint density at radius 2 is 2.12 bits per heavy atom. The van der Waals surface area contributed by atoms with Gasteiger partial charge in [0.05, 0.1) is 10.2 Å². The van der Waals surface area contributed by atoms with Crippen molar-refractivity contribution in [2.24, 2.45) is 0 Å². The minimum Gasteiger partial charge on any atom is -0.490 e. The van der Waals surface area contributed by atoms with Gasteiger partial charge in [-0.2, -0.15) is 0 Å². The Labute approximate surface area is 160 Å². The lowest BCUT2D eigenvalue weighted by Crippen LogP contribution is -2.30. The molecule has 1 aliphatic heterocycles. The lowest BCUT2D eigenvalue weighted by Gasteiger charge is -2.14. The first-order valence-electron chi connectivity index (χ1n) is 7.56. The van der Waals surface area contributed by atoms with Gasteiger partial charge in [-0.25, -0.2) is 0 Å². The van der Waals surface area contributed by atoms with E-state index in [1.807, 2.05) is 26.0 Å². The topological polar surface area (TPSA) is 50.8 Å². The van der Waals surface area contributed by atoms with Gasteiger partial charge >= 0.3 is 0 Å². The monoisotopic (exact) mass is 458 g/mol. The normalized spacial score (nSPS) is 15.6. The maximum atomic E-state index is 12.3. The molecular weight excluding hydrogens is 439 g/mol. The summed E-state index contributed by atoms with van der Waals surface area (Å²) in [6.45, 7) is 8.91. The maximum absolute atomic E-state index is 12.3. The summed E-state index contributed by atoms with van der Waals surface area (Å²) in [5.41, 5.74) is 1.30. The van der Waals surface area contributed by atoms with Gasteiger partial charge in [-0.15, -0.1) is 0 Å². The van der Waals surface area contributed by atoms with Crippen molar-refractivity contribution in [2.45, 2.75) is 13.8 Å². The number of hydrogen-bond donors (Lipinski definition) is 1. The molecule has 2 rings (SSSR count). The minimum absolute atomic E-state index is 0.123. The van der Waals surface area contributed by atoms with E-state index in [1.54, 1.807) is 12.2 Å². The number of thiocarbonyl (C=S) groups is 1. The summed E-state index contributed by atoms with van der Waals surface area (Å²) in [6, 6.07) is 3.78. The molecular formula is C17H19IN2O3S. The molecule has 0 aliphatic carbocycles. The van der Waals surface area contributed by atoms with E-state index in [9.17, 15) is 4.79 Å². The number of amides is 1. The molecule has 0 saturated carbocycles. The first kappa shape index (κ1) is 18.7. The molecule has 0 spiro atoms. The van der Waals surface area contributed by atoms with Crippen molar-refractivity contribution in [3.05, 3.63) is 39.6 Å². The summed E-state index contributed by atoms with van der Waals surface area (Å²) in [5, 5.41) is 3.38. The zero-order chi connectivity index (χ0) is 17.7. The van der Waals surface area contributed by atoms with Crippen LogP contribution in [0.25, 0.3) is 6.08 Å². The molecule has 5 nitrogen and oxygen atoms in total. The van der Waals surface area contributed by atoms with Gasteiger partial charge in [0.2, 0.25) is 0 Å². The number of benzene rings is 1. The highest BCUT2D eigenvalue weighted by atomic mass is 127. The van der Waals surface area contributed by atoms with Gasteiger partial charge in [0.15, 0.2) is 16.6 Å². The third-order valence-electron chi connectivity index (χ3n) is 3.27. The predicted molar refractivity (Wildman–Crippen MR) is 107 cm³/mol. The van der Waals surface area contributed by atoms with E-state index < -0.39 is 0 Å². The smallest absolute Gasteiger partial charge is 0.276 e. The van der Waals surface area contributed by atoms with Crippen molar-refractivity contribution in [1.29, 1.82) is 0 Å². The third-order valence-corrected chi connectivity index (χ3v) is 4.39. The Morgan fingerprint density at radius 3 is 2.71 bits per heavy atom. The molecule has 0 atom stereocenters. The van der Waals surface area contributed by atoms with E-state index in [1.165, 1.54) is 4.90 Å². The maximum Gasteiger partial charge on any atom is 0.276 e. The van der Waals surface area contributed by atoms with Crippen LogP contribution in [0.15, 0.2) is 30.5 Å². The fourth-order valence-electron chi connectivity index (χ4n) is 2.24. The molecule has 24 heavy (non-hydrogen) atoms. The number of halogens is 1. The van der Waals surface area contributed by atoms with Gasteiger partial charge in [-0.05, 0) is 72.4 Å². The summed E-state index contributed by atoms with van der Waals surface area (Å²) >= 11 is 7.36. The Hall–Kier alpha value is -1.61. The average Bonchev–Trinajstić information content (AvgIpc) is 2.80. The summed E-state index contributed by atoms with van der Waals surface area (Å²) < 4.78 is 12.3. The number of nitrogens with one attached hydrogen (secondary N) is 1. The van der Waals surface area contributed by atoms with Crippen LogP contribution >= 0.6 is 34.8 Å². The number of likely N-dealkylation sites (N-methyl/N-ethyl adjacent to an activating group) is 1. The van der Waals surface area contributed by atoms with Gasteiger partial charge in [0.1, 0.15) is 12.3 Å². The summed E-state index contributed by atoms with van der Waals surface area (Å²) in [7, 11) is 0. The molecule has 1 amide bonds. The Morgan fingerprint density at radius 1 is 1.38 bits per heavy atom. The molecule has 0 unspecified atom stereocenters. The van der Waals surface area contributed by atoms with Crippen LogP contribution in [0.2, 0.25) is 0 Å². The fourth-order valence-corrected chi connectivity index (χ4v) is 3.35. The van der Waals surface area contributed by atoms with E-state index in [0.717, 1.165) is 9.13 Å². The molecule has 128 valence electrons. The van der Waals surface area contributed by atoms with E-state index in [2.05, 4.69) is 34.5 Å². The minimum atomic E-state index is -0.123. The van der Waals surface area contributed by atoms with Crippen LogP contribution in [0.4, 0.5) is 0 Å². The van der Waals surface area contributed by atoms with Crippen molar-refractivity contribution < 1.29 is 14.3 Å². The van der Waals surface area contributed by atoms with Crippen LogP contribution < -0.4 is 14.8 Å². The quantitative estimate of drug-likeness (QED) is 0.294. The zero-order valence-electron chi connectivity index (χ0n) is 13.6. The van der Waals surface area contributed by atoms with Crippen molar-refractivity contribution in [2.75, 3.05) is 19.8 Å². The van der Waals surface area contributed by atoms with Crippen LogP contribution in [-0.4, -0.2) is 35.7 Å². The SMILES string of the molecule is C=CCOc1c(I)cc(/C=C2\NC(=S)N(CC)C2=O)cc1OCC. The van der Waals surface area contributed by atoms with E-state index in [0.29, 0.717) is 42.1 Å². The summed E-state index contributed by atoms with van der Waals surface area (Å²) in [5.74, 6) is 1.19. The average molecular weight is 458 g/mol. The number of rotatable bonds is 7. The molecule has 1 aromatic carbocycles. The van der Waals surface area contributed by atoms with Crippen LogP contribution in [-0.2, 0) is 4.79 Å². The molecule has 0 radical (unpaired) electrons. The highest BCUT2D eigenvalue weighted by Crippen LogP contribution is 2.35. The predicted octanol–water partition coefficient (Wildman–Crippen LogP) is 3.33. The van der Waals surface area contributed by atoms with E-state index >= 15 is 0 Å². The van der Waals surface area contributed by atoms with Crippen LogP contribution in [0.3, 0.4) is 0 Å². The van der Waals surface area contributed by atoms with Gasteiger partial charge in [0, 0.05) is 6.54 Å². The first-order chi connectivity index (χ1) is 11.5. The Balaban J connectivity index is 2.38. The summed E-state index contributed by atoms with van der Waals surface area (Å²) in [6.07, 6.45) is 3.45. The van der Waals surface area contributed by atoms with Crippen molar-refractivity contribution in [3.8, 4) is 11.5 Å². The highest BCUT2D eigenvalue weighted by Gasteiger charge is 2.29. The number of ether oxygens (including phenoxy) is 2. The van der Waals surface area contributed by atoms with Crippen LogP contribution in [0.1, 0.15) is 19.4 Å². The fraction of sp³-hybridized carbons (Fsp3) is 0.294. The number of nitrogens with zero attached hydrogens (tertiary/aromatic N) is 1. The largest absolute Gasteiger partial charge is 0.490 e. The number of carbonyl (C=O) groups is 1. The third kappa shape index (κ3) is 4.07.